The second-order valence-corrected chi connectivity index (χ2v) is 11.7. The van der Waals surface area contributed by atoms with Crippen LogP contribution in [0.1, 0.15) is 22.3 Å². The number of amides is 1. The molecule has 5 nitrogen and oxygen atoms in total. The number of halogens is 6. The number of nitrogens with zero attached hydrogens (tertiary/aromatic N) is 2. The molecule has 0 aromatic heterocycles. The Morgan fingerprint density at radius 1 is 1.03 bits per heavy atom. The summed E-state index contributed by atoms with van der Waals surface area (Å²) in [6, 6.07) is 7.07. The van der Waals surface area contributed by atoms with E-state index in [1.807, 2.05) is 13.0 Å². The molecule has 0 aliphatic carbocycles. The number of rotatable bonds is 3. The summed E-state index contributed by atoms with van der Waals surface area (Å²) < 4.78 is 105. The van der Waals surface area contributed by atoms with Crippen molar-refractivity contribution in [2.45, 2.75) is 37.0 Å². The molecule has 0 spiro atoms. The normalized spacial score (nSPS) is 23.1. The van der Waals surface area contributed by atoms with Gasteiger partial charge < -0.3 is 4.90 Å². The van der Waals surface area contributed by atoms with Gasteiger partial charge in [0.2, 0.25) is 0 Å². The van der Waals surface area contributed by atoms with Gasteiger partial charge in [-0.1, -0.05) is 41.6 Å². The Morgan fingerprint density at radius 2 is 1.66 bits per heavy atom. The molecular weight excluding hydrogens is 518 g/mol. The van der Waals surface area contributed by atoms with Gasteiger partial charge in [-0.05, 0) is 30.7 Å². The van der Waals surface area contributed by atoms with Gasteiger partial charge in [0, 0.05) is 10.9 Å². The highest BCUT2D eigenvalue weighted by molar-refractivity contribution is 8.16. The maximum atomic E-state index is 13.4. The molecule has 2 aliphatic heterocycles. The predicted octanol–water partition coefficient (Wildman–Crippen LogP) is 4.88. The van der Waals surface area contributed by atoms with Crippen molar-refractivity contribution >= 4 is 38.4 Å². The molecule has 0 saturated carbocycles. The molecule has 0 bridgehead atoms. The highest BCUT2D eigenvalue weighted by atomic mass is 32.2. The Bertz CT molecular complexity index is 1270. The van der Waals surface area contributed by atoms with Crippen LogP contribution in [-0.2, 0) is 33.4 Å². The molecule has 2 aromatic carbocycles. The Labute approximate surface area is 201 Å². The van der Waals surface area contributed by atoms with Gasteiger partial charge in [0.05, 0.1) is 35.1 Å². The summed E-state index contributed by atoms with van der Waals surface area (Å²) in [4.78, 5) is 17.7. The Kier molecular flexibility index (Phi) is 6.45. The number of fused-ring (bicyclic) bond motifs is 1. The third kappa shape index (κ3) is 5.66. The molecule has 2 fully saturated rings. The maximum Gasteiger partial charge on any atom is 0.416 e. The molecular formula is C22H18F6N2O3S2. The van der Waals surface area contributed by atoms with Crippen LogP contribution in [0.3, 0.4) is 0 Å². The Balaban J connectivity index is 1.78. The minimum atomic E-state index is -5.08. The summed E-state index contributed by atoms with van der Waals surface area (Å²) in [6.45, 7) is 1.82. The number of benzene rings is 2. The lowest BCUT2D eigenvalue weighted by molar-refractivity contribution is -0.143. The molecule has 2 heterocycles. The van der Waals surface area contributed by atoms with Crippen LogP contribution >= 0.6 is 11.8 Å². The van der Waals surface area contributed by atoms with Crippen molar-refractivity contribution in [3.05, 3.63) is 64.7 Å². The average Bonchev–Trinajstić information content (AvgIpc) is 3.16. The molecule has 188 valence electrons. The SMILES string of the molecule is Cc1cccc(CC(=O)N=C2S[C@@H]3CS(=O)(=O)C[C@H]3N2c2cc(C(F)(F)F)cc(C(F)(F)F)c2)c1. The fraction of sp³-hybridized carbons (Fsp3) is 0.364. The van der Waals surface area contributed by atoms with Gasteiger partial charge in [-0.25, -0.2) is 8.42 Å². The summed E-state index contributed by atoms with van der Waals surface area (Å²) in [5.74, 6) is -1.46. The molecule has 13 heteroatoms. The van der Waals surface area contributed by atoms with E-state index < -0.39 is 62.0 Å². The van der Waals surface area contributed by atoms with Gasteiger partial charge >= 0.3 is 12.4 Å². The summed E-state index contributed by atoms with van der Waals surface area (Å²) in [6.07, 6.45) is -10.3. The van der Waals surface area contributed by atoms with E-state index in [-0.39, 0.29) is 23.4 Å². The summed E-state index contributed by atoms with van der Waals surface area (Å²) in [7, 11) is -3.58. The number of hydrogen-bond donors (Lipinski definition) is 0. The van der Waals surface area contributed by atoms with Gasteiger partial charge in [0.15, 0.2) is 15.0 Å². The standard InChI is InChI=1S/C22H18F6N2O3S2/c1-12-3-2-4-13(5-12)6-19(31)29-20-30(17-10-35(32,33)11-18(17)34-20)16-8-14(21(23,24)25)7-15(9-16)22(26,27)28/h2-5,7-9,17-18H,6,10-11H2,1H3/t17-,18-/m1/s1. The van der Waals surface area contributed by atoms with Gasteiger partial charge in [-0.15, -0.1) is 0 Å². The number of carbonyl (C=O) groups excluding carboxylic acids is 1. The molecule has 2 atom stereocenters. The summed E-state index contributed by atoms with van der Waals surface area (Å²) >= 11 is 0.869. The van der Waals surface area contributed by atoms with E-state index in [2.05, 4.69) is 4.99 Å². The summed E-state index contributed by atoms with van der Waals surface area (Å²) in [5.41, 5.74) is -2.08. The fourth-order valence-electron chi connectivity index (χ4n) is 4.09. The van der Waals surface area contributed by atoms with Crippen molar-refractivity contribution in [3.63, 3.8) is 0 Å². The van der Waals surface area contributed by atoms with E-state index >= 15 is 0 Å². The van der Waals surface area contributed by atoms with Gasteiger partial charge in [-0.2, -0.15) is 31.3 Å². The molecule has 0 radical (unpaired) electrons. The second kappa shape index (κ2) is 8.84. The van der Waals surface area contributed by atoms with E-state index in [0.717, 1.165) is 22.2 Å². The molecule has 4 rings (SSSR count). The number of anilines is 1. The number of aliphatic imine (C=N–C) groups is 1. The van der Waals surface area contributed by atoms with Crippen molar-refractivity contribution in [1.29, 1.82) is 0 Å². The number of carbonyl (C=O) groups is 1. The van der Waals surface area contributed by atoms with E-state index in [9.17, 15) is 39.6 Å². The fourth-order valence-corrected chi connectivity index (χ4v) is 8.02. The van der Waals surface area contributed by atoms with E-state index in [1.54, 1.807) is 18.2 Å². The molecule has 2 aliphatic rings. The minimum Gasteiger partial charge on any atom is -0.316 e. The summed E-state index contributed by atoms with van der Waals surface area (Å²) in [5, 5.41) is -0.811. The Hall–Kier alpha value is -2.54. The first-order valence-corrected chi connectivity index (χ1v) is 13.0. The van der Waals surface area contributed by atoms with E-state index in [4.69, 9.17) is 0 Å². The van der Waals surface area contributed by atoms with Crippen LogP contribution in [0.15, 0.2) is 47.5 Å². The van der Waals surface area contributed by atoms with Crippen LogP contribution < -0.4 is 4.90 Å². The van der Waals surface area contributed by atoms with Crippen LogP contribution in [0.5, 0.6) is 0 Å². The smallest absolute Gasteiger partial charge is 0.316 e. The van der Waals surface area contributed by atoms with Crippen LogP contribution in [-0.4, -0.2) is 42.3 Å². The quantitative estimate of drug-likeness (QED) is 0.524. The van der Waals surface area contributed by atoms with Crippen molar-refractivity contribution in [1.82, 2.24) is 0 Å². The number of sulfone groups is 1. The first-order valence-electron chi connectivity index (χ1n) is 10.3. The van der Waals surface area contributed by atoms with Gasteiger partial charge in [0.25, 0.3) is 5.91 Å². The van der Waals surface area contributed by atoms with Crippen LogP contribution in [0.4, 0.5) is 32.0 Å². The zero-order valence-electron chi connectivity index (χ0n) is 18.0. The lowest BCUT2D eigenvalue weighted by atomic mass is 10.1. The van der Waals surface area contributed by atoms with Crippen LogP contribution in [0.2, 0.25) is 0 Å². The topological polar surface area (TPSA) is 66.8 Å². The second-order valence-electron chi connectivity index (χ2n) is 8.39. The van der Waals surface area contributed by atoms with Crippen LogP contribution in [0, 0.1) is 6.92 Å². The largest absolute Gasteiger partial charge is 0.416 e. The highest BCUT2D eigenvalue weighted by Gasteiger charge is 2.50. The van der Waals surface area contributed by atoms with Crippen molar-refractivity contribution < 1.29 is 39.6 Å². The number of aryl methyl sites for hydroxylation is 1. The lowest BCUT2D eigenvalue weighted by Gasteiger charge is -2.26. The zero-order valence-corrected chi connectivity index (χ0v) is 19.7. The van der Waals surface area contributed by atoms with Crippen molar-refractivity contribution in [3.8, 4) is 0 Å². The number of amidine groups is 1. The van der Waals surface area contributed by atoms with Gasteiger partial charge in [-0.3, -0.25) is 4.79 Å². The zero-order chi connectivity index (χ0) is 25.8. The molecule has 35 heavy (non-hydrogen) atoms. The van der Waals surface area contributed by atoms with Crippen LogP contribution in [0.25, 0.3) is 0 Å². The van der Waals surface area contributed by atoms with Crippen molar-refractivity contribution in [2.75, 3.05) is 16.4 Å². The lowest BCUT2D eigenvalue weighted by Crippen LogP contribution is -2.38. The monoisotopic (exact) mass is 536 g/mol. The molecule has 2 saturated heterocycles. The molecule has 1 amide bonds. The van der Waals surface area contributed by atoms with Crippen molar-refractivity contribution in [2.24, 2.45) is 4.99 Å². The number of hydrogen-bond acceptors (Lipinski definition) is 4. The predicted molar refractivity (Wildman–Crippen MR) is 120 cm³/mol. The van der Waals surface area contributed by atoms with Gasteiger partial charge in [0.1, 0.15) is 0 Å². The number of thioether (sulfide) groups is 1. The Morgan fingerprint density at radius 3 is 2.23 bits per heavy atom. The highest BCUT2D eigenvalue weighted by Crippen LogP contribution is 2.44. The first kappa shape index (κ1) is 25.5. The average molecular weight is 537 g/mol. The molecule has 0 N–H and O–H groups in total. The number of alkyl halides is 6. The molecule has 0 unspecified atom stereocenters. The third-order valence-corrected chi connectivity index (χ3v) is 8.79. The van der Waals surface area contributed by atoms with E-state index in [1.165, 1.54) is 0 Å². The first-order chi connectivity index (χ1) is 16.1. The maximum absolute atomic E-state index is 13.4. The van der Waals surface area contributed by atoms with E-state index in [0.29, 0.717) is 17.7 Å². The minimum absolute atomic E-state index is 0.00467. The molecule has 2 aromatic rings. The third-order valence-electron chi connectivity index (χ3n) is 5.58.